The predicted molar refractivity (Wildman–Crippen MR) is 211 cm³/mol. The van der Waals surface area contributed by atoms with Crippen molar-refractivity contribution in [3.8, 4) is 0 Å². The minimum Gasteiger partial charge on any atom is -0.460 e. The molecule has 326 valence electrons. The van der Waals surface area contributed by atoms with E-state index in [1.165, 1.54) is 21.1 Å². The van der Waals surface area contributed by atoms with E-state index in [4.69, 9.17) is 33.2 Å². The second-order valence-corrected chi connectivity index (χ2v) is 18.8. The lowest BCUT2D eigenvalue weighted by Crippen LogP contribution is -2.84. The third-order valence-electron chi connectivity index (χ3n) is 14.9. The number of aliphatic hydroxyl groups excluding tert-OH is 1. The number of ketones is 1. The van der Waals surface area contributed by atoms with E-state index in [0.29, 0.717) is 5.56 Å². The van der Waals surface area contributed by atoms with Gasteiger partial charge in [-0.25, -0.2) is 14.4 Å². The molecular weight excluding hydrogens is 778 g/mol. The van der Waals surface area contributed by atoms with E-state index in [2.05, 4.69) is 5.32 Å². The Kier molecular flexibility index (Phi) is 10.6. The molecule has 15 nitrogen and oxygen atoms in total. The molecule has 2 bridgehead atoms. The molecule has 1 saturated heterocycles. The normalized spacial score (nSPS) is 38.2. The minimum atomic E-state index is -2.14. The Bertz CT molecular complexity index is 2040. The molecule has 7 rings (SSSR count). The fourth-order valence-corrected chi connectivity index (χ4v) is 12.7. The number of alkyl carbamates (subject to hydrolysis) is 1. The third kappa shape index (κ3) is 5.54. The number of carbonyl (C=O) groups excluding carboxylic acids is 5. The highest BCUT2D eigenvalue weighted by Gasteiger charge is 3.01. The maximum absolute atomic E-state index is 15.6. The number of benzene rings is 2. The number of methoxy groups -OCH3 is 2. The summed E-state index contributed by atoms with van der Waals surface area (Å²) in [6.07, 6.45) is -9.22. The van der Waals surface area contributed by atoms with Crippen molar-refractivity contribution < 1.29 is 67.3 Å². The number of rotatable bonds is 10. The van der Waals surface area contributed by atoms with E-state index < -0.39 is 117 Å². The molecule has 2 aromatic carbocycles. The highest BCUT2D eigenvalue weighted by atomic mass is 16.6. The Labute approximate surface area is 349 Å². The Morgan fingerprint density at radius 1 is 0.933 bits per heavy atom. The second-order valence-electron chi connectivity index (χ2n) is 18.8. The fourth-order valence-electron chi connectivity index (χ4n) is 12.7. The first-order chi connectivity index (χ1) is 28.1. The van der Waals surface area contributed by atoms with Gasteiger partial charge < -0.3 is 48.7 Å². The van der Waals surface area contributed by atoms with E-state index in [1.807, 2.05) is 0 Å². The van der Waals surface area contributed by atoms with Gasteiger partial charge in [0.2, 0.25) is 0 Å². The molecule has 13 atom stereocenters. The number of hydrogen-bond donors (Lipinski definition) is 3. The van der Waals surface area contributed by atoms with E-state index in [1.54, 1.807) is 109 Å². The summed E-state index contributed by atoms with van der Waals surface area (Å²) in [5.41, 5.74) is -10.9. The highest BCUT2D eigenvalue weighted by molar-refractivity contribution is 5.97. The van der Waals surface area contributed by atoms with Gasteiger partial charge in [0.15, 0.2) is 17.5 Å². The molecule has 60 heavy (non-hydrogen) atoms. The van der Waals surface area contributed by atoms with Crippen LogP contribution >= 0.6 is 0 Å². The number of Topliss-reactive ketones (excluding diaryl/α,β-unsaturated/α-hetero) is 1. The Hall–Kier alpha value is -4.41. The summed E-state index contributed by atoms with van der Waals surface area (Å²) in [6, 6.07) is 15.2. The molecular formula is C45H57NO14. The molecule has 2 unspecified atom stereocenters. The van der Waals surface area contributed by atoms with Crippen LogP contribution in [0.3, 0.4) is 0 Å². The molecule has 4 saturated carbocycles. The molecule has 15 heteroatoms. The van der Waals surface area contributed by atoms with Gasteiger partial charge in [-0.15, -0.1) is 0 Å². The van der Waals surface area contributed by atoms with Gasteiger partial charge in [0.25, 0.3) is 0 Å². The Morgan fingerprint density at radius 2 is 1.55 bits per heavy atom. The number of esters is 3. The quantitative estimate of drug-likeness (QED) is 0.226. The van der Waals surface area contributed by atoms with Crippen molar-refractivity contribution >= 4 is 29.8 Å². The summed E-state index contributed by atoms with van der Waals surface area (Å²) in [4.78, 5) is 71.0. The van der Waals surface area contributed by atoms with Crippen LogP contribution in [0.2, 0.25) is 0 Å². The van der Waals surface area contributed by atoms with Crippen LogP contribution in [0.4, 0.5) is 4.79 Å². The second kappa shape index (κ2) is 14.6. The van der Waals surface area contributed by atoms with Crippen molar-refractivity contribution in [2.24, 2.45) is 27.6 Å². The SMILES string of the molecule is CO[C@H]1C[C@H]2OC[C@@]2(OC(C)=O)C23[C@H](OC(=O)c4ccccc4)[C@]4(O)C[C@H](OC(=O)[C@H](O)[C@@H](NC(=O)OC(C)(C)C)c5ccccc5)[C@@H](C)C2([C@@H](OC)C(=O)[C@]13C)C4(C)C. The Morgan fingerprint density at radius 3 is 2.08 bits per heavy atom. The maximum Gasteiger partial charge on any atom is 0.408 e. The number of fused-ring (bicyclic) bond motifs is 2. The first-order valence-electron chi connectivity index (χ1n) is 20.4. The van der Waals surface area contributed by atoms with Crippen LogP contribution in [-0.2, 0) is 47.5 Å². The summed E-state index contributed by atoms with van der Waals surface area (Å²) in [6.45, 7) is 13.0. The van der Waals surface area contributed by atoms with E-state index in [0.717, 1.165) is 0 Å². The van der Waals surface area contributed by atoms with Crippen LogP contribution in [-0.4, -0.2) is 114 Å². The number of ether oxygens (including phenoxy) is 7. The zero-order valence-electron chi connectivity index (χ0n) is 35.8. The van der Waals surface area contributed by atoms with Crippen LogP contribution < -0.4 is 5.32 Å². The van der Waals surface area contributed by atoms with Crippen LogP contribution in [0.15, 0.2) is 60.7 Å². The molecule has 5 fully saturated rings. The standard InChI is InChI=1S/C45H57NO14/c1-24-28(57-36(51)32(48)31(26-17-13-11-14-18-26)46-38(52)60-39(3,4)5)22-42(53)37(58-35(50)27-19-15-12-16-20-27)45-41(8,33(49)34(55-10)44(24,45)40(42,6)7)29(54-9)21-30-43(45,23-56-30)59-25(2)47/h11-20,24,28-32,34,37,48,53H,21-23H2,1-10H3,(H,46,52)/t24-,28+,29+,30-,31+,32-,34+,37-,41+,42-,43+,44?,45?/m1/s1. The lowest BCUT2D eigenvalue weighted by atomic mass is 9.37. The summed E-state index contributed by atoms with van der Waals surface area (Å²) in [7, 11) is 2.83. The molecule has 4 aliphatic carbocycles. The first kappa shape index (κ1) is 43.7. The van der Waals surface area contributed by atoms with Crippen LogP contribution in [0, 0.1) is 27.6 Å². The van der Waals surface area contributed by atoms with Crippen LogP contribution in [0.1, 0.15) is 90.2 Å². The number of aliphatic hydroxyl groups is 2. The summed E-state index contributed by atoms with van der Waals surface area (Å²) in [5.74, 6) is -4.04. The molecule has 1 heterocycles. The van der Waals surface area contributed by atoms with Gasteiger partial charge in [0.05, 0.1) is 35.1 Å². The zero-order valence-corrected chi connectivity index (χ0v) is 35.8. The van der Waals surface area contributed by atoms with Gasteiger partial charge in [-0.2, -0.15) is 0 Å². The number of nitrogens with one attached hydrogen (secondary N) is 1. The van der Waals surface area contributed by atoms with Gasteiger partial charge in [0.1, 0.15) is 35.6 Å². The average Bonchev–Trinajstić information content (AvgIpc) is 3.41. The van der Waals surface area contributed by atoms with Crippen molar-refractivity contribution in [1.29, 1.82) is 0 Å². The highest BCUT2D eigenvalue weighted by Crippen LogP contribution is 2.89. The van der Waals surface area contributed by atoms with E-state index in [-0.39, 0.29) is 25.0 Å². The van der Waals surface area contributed by atoms with Crippen LogP contribution in [0.25, 0.3) is 0 Å². The van der Waals surface area contributed by atoms with Crippen molar-refractivity contribution in [3.63, 3.8) is 0 Å². The van der Waals surface area contributed by atoms with E-state index in [9.17, 15) is 29.4 Å². The summed E-state index contributed by atoms with van der Waals surface area (Å²) < 4.78 is 43.6. The average molecular weight is 836 g/mol. The largest absolute Gasteiger partial charge is 0.460 e. The van der Waals surface area contributed by atoms with E-state index >= 15 is 4.79 Å². The monoisotopic (exact) mass is 835 g/mol. The lowest BCUT2D eigenvalue weighted by molar-refractivity contribution is -0.388. The van der Waals surface area contributed by atoms with Gasteiger partial charge in [-0.1, -0.05) is 69.3 Å². The molecule has 0 radical (unpaired) electrons. The predicted octanol–water partition coefficient (Wildman–Crippen LogP) is 4.26. The summed E-state index contributed by atoms with van der Waals surface area (Å²) in [5, 5.41) is 28.2. The number of carbonyl (C=O) groups is 5. The lowest BCUT2D eigenvalue weighted by Gasteiger charge is -2.71. The van der Waals surface area contributed by atoms with Gasteiger partial charge in [-0.3, -0.25) is 9.59 Å². The molecule has 0 aromatic heterocycles. The fraction of sp³-hybridized carbons (Fsp3) is 0.622. The third-order valence-corrected chi connectivity index (χ3v) is 14.9. The zero-order chi connectivity index (χ0) is 44.0. The molecule has 1 amide bonds. The molecule has 1 aliphatic heterocycles. The molecule has 2 aromatic rings. The first-order valence-corrected chi connectivity index (χ1v) is 20.4. The number of hydrogen-bond acceptors (Lipinski definition) is 14. The minimum absolute atomic E-state index is 0.114. The molecule has 5 aliphatic rings. The summed E-state index contributed by atoms with van der Waals surface area (Å²) >= 11 is 0. The molecule has 2 spiro atoms. The van der Waals surface area contributed by atoms with Gasteiger partial charge >= 0.3 is 24.0 Å². The maximum atomic E-state index is 15.6. The van der Waals surface area contributed by atoms with Crippen LogP contribution in [0.5, 0.6) is 0 Å². The van der Waals surface area contributed by atoms with Gasteiger partial charge in [0, 0.05) is 50.7 Å². The smallest absolute Gasteiger partial charge is 0.408 e. The van der Waals surface area contributed by atoms with Crippen molar-refractivity contribution in [3.05, 3.63) is 71.8 Å². The van der Waals surface area contributed by atoms with Gasteiger partial charge in [-0.05, 0) is 45.4 Å². The Balaban J connectivity index is 1.42. The van der Waals surface area contributed by atoms with Crippen molar-refractivity contribution in [1.82, 2.24) is 5.32 Å². The number of amides is 1. The topological polar surface area (TPSA) is 202 Å². The van der Waals surface area contributed by atoms with Crippen molar-refractivity contribution in [2.45, 2.75) is 128 Å². The molecule has 3 N–H and O–H groups in total. The van der Waals surface area contributed by atoms with Crippen molar-refractivity contribution in [2.75, 3.05) is 20.8 Å².